The van der Waals surface area contributed by atoms with Crippen molar-refractivity contribution >= 4 is 0 Å². The zero-order valence-electron chi connectivity index (χ0n) is 11.7. The Morgan fingerprint density at radius 2 is 1.38 bits per heavy atom. The summed E-state index contributed by atoms with van der Waals surface area (Å²) in [5.74, 6) is 0. The van der Waals surface area contributed by atoms with E-state index in [2.05, 4.69) is 41.5 Å². The molecule has 2 unspecified atom stereocenters. The molecule has 0 aliphatic rings. The van der Waals surface area contributed by atoms with Gasteiger partial charge in [-0.25, -0.2) is 0 Å². The Bertz CT molecular complexity index is 155. The second-order valence-corrected chi connectivity index (χ2v) is 5.02. The fourth-order valence-electron chi connectivity index (χ4n) is 1.85. The van der Waals surface area contributed by atoms with Gasteiger partial charge in [0.15, 0.2) is 0 Å². The molecule has 0 fully saturated rings. The highest BCUT2D eigenvalue weighted by Gasteiger charge is 2.13. The Balaban J connectivity index is 3.81. The van der Waals surface area contributed by atoms with E-state index >= 15 is 0 Å². The van der Waals surface area contributed by atoms with Crippen LogP contribution in [0.15, 0.2) is 0 Å². The van der Waals surface area contributed by atoms with Crippen molar-refractivity contribution in [2.75, 3.05) is 0 Å². The standard InChI is InChI=1S/C14H29O2/c1-7-8-14(16-12(4)5)10-9-13(6)15-11(2)3/h11-14H,1,7-10H2,2-6H3. The van der Waals surface area contributed by atoms with E-state index in [4.69, 9.17) is 9.47 Å². The molecule has 97 valence electrons. The van der Waals surface area contributed by atoms with Crippen LogP contribution in [0.5, 0.6) is 0 Å². The summed E-state index contributed by atoms with van der Waals surface area (Å²) in [6.45, 7) is 14.4. The van der Waals surface area contributed by atoms with Gasteiger partial charge in [0.1, 0.15) is 0 Å². The molecule has 0 bridgehead atoms. The van der Waals surface area contributed by atoms with Crippen LogP contribution in [0.4, 0.5) is 0 Å². The molecule has 0 aromatic rings. The van der Waals surface area contributed by atoms with Crippen LogP contribution in [0.2, 0.25) is 0 Å². The predicted molar refractivity (Wildman–Crippen MR) is 69.5 cm³/mol. The van der Waals surface area contributed by atoms with Crippen LogP contribution in [-0.2, 0) is 9.47 Å². The van der Waals surface area contributed by atoms with E-state index in [1.807, 2.05) is 0 Å². The molecule has 0 N–H and O–H groups in total. The Labute approximate surface area is 102 Å². The molecule has 2 atom stereocenters. The fraction of sp³-hybridized carbons (Fsp3) is 0.929. The molecule has 0 amide bonds. The molecular formula is C14H29O2. The predicted octanol–water partition coefficient (Wildman–Crippen LogP) is 3.99. The number of hydrogen-bond acceptors (Lipinski definition) is 2. The zero-order valence-corrected chi connectivity index (χ0v) is 11.7. The summed E-state index contributed by atoms with van der Waals surface area (Å²) in [7, 11) is 0. The molecule has 0 aliphatic heterocycles. The van der Waals surface area contributed by atoms with Crippen LogP contribution >= 0.6 is 0 Å². The van der Waals surface area contributed by atoms with Crippen molar-refractivity contribution in [2.45, 2.75) is 84.7 Å². The quantitative estimate of drug-likeness (QED) is 0.595. The highest BCUT2D eigenvalue weighted by Crippen LogP contribution is 2.15. The van der Waals surface area contributed by atoms with Gasteiger partial charge in [-0.1, -0.05) is 13.3 Å². The van der Waals surface area contributed by atoms with Gasteiger partial charge in [-0.3, -0.25) is 0 Å². The molecule has 0 rings (SSSR count). The lowest BCUT2D eigenvalue weighted by Gasteiger charge is -2.22. The highest BCUT2D eigenvalue weighted by molar-refractivity contribution is 4.64. The van der Waals surface area contributed by atoms with Gasteiger partial charge in [0.05, 0.1) is 24.4 Å². The summed E-state index contributed by atoms with van der Waals surface area (Å²) in [4.78, 5) is 0. The summed E-state index contributed by atoms with van der Waals surface area (Å²) in [5, 5.41) is 0. The number of ether oxygens (including phenoxy) is 2. The zero-order chi connectivity index (χ0) is 12.6. The van der Waals surface area contributed by atoms with Crippen molar-refractivity contribution in [2.24, 2.45) is 0 Å². The van der Waals surface area contributed by atoms with Crippen LogP contribution in [0.3, 0.4) is 0 Å². The van der Waals surface area contributed by atoms with Gasteiger partial charge in [0, 0.05) is 0 Å². The Kier molecular flexibility index (Phi) is 8.96. The van der Waals surface area contributed by atoms with Crippen molar-refractivity contribution in [3.8, 4) is 0 Å². The Morgan fingerprint density at radius 1 is 0.812 bits per heavy atom. The molecule has 0 heterocycles. The number of hydrogen-bond donors (Lipinski definition) is 0. The summed E-state index contributed by atoms with van der Waals surface area (Å²) in [6, 6.07) is 0. The Morgan fingerprint density at radius 3 is 1.81 bits per heavy atom. The van der Waals surface area contributed by atoms with Crippen LogP contribution in [0.25, 0.3) is 0 Å². The lowest BCUT2D eigenvalue weighted by molar-refractivity contribution is -0.0251. The van der Waals surface area contributed by atoms with Crippen LogP contribution in [-0.4, -0.2) is 24.4 Å². The van der Waals surface area contributed by atoms with E-state index < -0.39 is 0 Å². The van der Waals surface area contributed by atoms with Crippen molar-refractivity contribution in [3.63, 3.8) is 0 Å². The third-order valence-electron chi connectivity index (χ3n) is 2.39. The van der Waals surface area contributed by atoms with E-state index in [1.54, 1.807) is 0 Å². The SMILES string of the molecule is [CH2]CCC(CCC(C)OC(C)C)OC(C)C. The molecule has 0 aromatic carbocycles. The minimum absolute atomic E-state index is 0.304. The average Bonchev–Trinajstić information content (AvgIpc) is 2.12. The minimum Gasteiger partial charge on any atom is -0.376 e. The fourth-order valence-corrected chi connectivity index (χ4v) is 1.85. The maximum absolute atomic E-state index is 5.85. The summed E-state index contributed by atoms with van der Waals surface area (Å²) in [6.07, 6.45) is 5.41. The van der Waals surface area contributed by atoms with E-state index in [0.717, 1.165) is 25.7 Å². The van der Waals surface area contributed by atoms with Crippen LogP contribution in [0, 0.1) is 6.92 Å². The Hall–Kier alpha value is -0.0800. The third-order valence-corrected chi connectivity index (χ3v) is 2.39. The molecule has 0 saturated heterocycles. The first-order valence-electron chi connectivity index (χ1n) is 6.55. The van der Waals surface area contributed by atoms with Crippen molar-refractivity contribution in [3.05, 3.63) is 6.92 Å². The van der Waals surface area contributed by atoms with Gasteiger partial charge in [-0.05, 0) is 53.9 Å². The van der Waals surface area contributed by atoms with Gasteiger partial charge in [-0.2, -0.15) is 0 Å². The smallest absolute Gasteiger partial charge is 0.0579 e. The van der Waals surface area contributed by atoms with Crippen molar-refractivity contribution in [1.29, 1.82) is 0 Å². The normalized spacial score (nSPS) is 15.8. The maximum atomic E-state index is 5.85. The maximum Gasteiger partial charge on any atom is 0.0579 e. The van der Waals surface area contributed by atoms with E-state index in [1.165, 1.54) is 0 Å². The molecule has 1 radical (unpaired) electrons. The van der Waals surface area contributed by atoms with Gasteiger partial charge in [-0.15, -0.1) is 0 Å². The monoisotopic (exact) mass is 229 g/mol. The highest BCUT2D eigenvalue weighted by atomic mass is 16.5. The van der Waals surface area contributed by atoms with Crippen LogP contribution in [0.1, 0.15) is 60.3 Å². The molecule has 0 spiro atoms. The summed E-state index contributed by atoms with van der Waals surface area (Å²) < 4.78 is 11.6. The van der Waals surface area contributed by atoms with Gasteiger partial charge in [0.25, 0.3) is 0 Å². The molecule has 2 heteroatoms. The molecule has 0 aromatic heterocycles. The first-order chi connectivity index (χ1) is 7.45. The van der Waals surface area contributed by atoms with Crippen LogP contribution < -0.4 is 0 Å². The number of rotatable bonds is 9. The largest absolute Gasteiger partial charge is 0.376 e. The average molecular weight is 229 g/mol. The molecule has 2 nitrogen and oxygen atoms in total. The lowest BCUT2D eigenvalue weighted by Crippen LogP contribution is -2.21. The van der Waals surface area contributed by atoms with Gasteiger partial charge in [0.2, 0.25) is 0 Å². The topological polar surface area (TPSA) is 18.5 Å². The second-order valence-electron chi connectivity index (χ2n) is 5.02. The van der Waals surface area contributed by atoms with Gasteiger partial charge >= 0.3 is 0 Å². The van der Waals surface area contributed by atoms with Gasteiger partial charge < -0.3 is 9.47 Å². The molecular weight excluding hydrogens is 200 g/mol. The van der Waals surface area contributed by atoms with E-state index in [9.17, 15) is 0 Å². The molecule has 16 heavy (non-hydrogen) atoms. The lowest BCUT2D eigenvalue weighted by atomic mass is 10.1. The first-order valence-corrected chi connectivity index (χ1v) is 6.55. The van der Waals surface area contributed by atoms with E-state index in [0.29, 0.717) is 24.4 Å². The summed E-state index contributed by atoms with van der Waals surface area (Å²) in [5.41, 5.74) is 0. The van der Waals surface area contributed by atoms with Crippen molar-refractivity contribution in [1.82, 2.24) is 0 Å². The second kappa shape index (κ2) is 9.00. The molecule has 0 aliphatic carbocycles. The van der Waals surface area contributed by atoms with E-state index in [-0.39, 0.29) is 0 Å². The molecule has 0 saturated carbocycles. The third kappa shape index (κ3) is 9.17. The first kappa shape index (κ1) is 15.9. The minimum atomic E-state index is 0.304. The van der Waals surface area contributed by atoms with Crippen molar-refractivity contribution < 1.29 is 9.47 Å². The summed E-state index contributed by atoms with van der Waals surface area (Å²) >= 11 is 0.